The predicted molar refractivity (Wildman–Crippen MR) is 71.7 cm³/mol. The Balaban J connectivity index is 1.93. The Labute approximate surface area is 121 Å². The minimum absolute atomic E-state index is 0.0268. The number of nitrogens with zero attached hydrogens (tertiary/aromatic N) is 1. The summed E-state index contributed by atoms with van der Waals surface area (Å²) in [4.78, 5) is 13.8. The molecule has 1 aromatic rings. The first-order valence-corrected chi connectivity index (χ1v) is 7.17. The molecule has 3 nitrogen and oxygen atoms in total. The van der Waals surface area contributed by atoms with Crippen molar-refractivity contribution in [1.82, 2.24) is 10.2 Å². The molecule has 3 rings (SSSR count). The van der Waals surface area contributed by atoms with Crippen LogP contribution in [0.3, 0.4) is 0 Å². The summed E-state index contributed by atoms with van der Waals surface area (Å²) >= 11 is 0. The molecule has 1 amide bonds. The normalized spacial score (nSPS) is 23.1. The van der Waals surface area contributed by atoms with Gasteiger partial charge in [0.05, 0.1) is 18.2 Å². The summed E-state index contributed by atoms with van der Waals surface area (Å²) in [6.07, 6.45) is -2.02. The predicted octanol–water partition coefficient (Wildman–Crippen LogP) is 2.51. The summed E-state index contributed by atoms with van der Waals surface area (Å²) in [5, 5.41) is 3.02. The van der Waals surface area contributed by atoms with Crippen LogP contribution in [0.25, 0.3) is 0 Å². The number of aryl methyl sites for hydroxylation is 1. The van der Waals surface area contributed by atoms with Crippen molar-refractivity contribution in [3.8, 4) is 0 Å². The third-order valence-corrected chi connectivity index (χ3v) is 4.26. The van der Waals surface area contributed by atoms with Crippen molar-refractivity contribution in [2.75, 3.05) is 19.6 Å². The zero-order chi connectivity index (χ0) is 15.0. The maximum atomic E-state index is 12.8. The molecule has 1 atom stereocenters. The van der Waals surface area contributed by atoms with Crippen LogP contribution in [-0.2, 0) is 17.4 Å². The van der Waals surface area contributed by atoms with Crippen LogP contribution in [0.2, 0.25) is 0 Å². The number of alkyl halides is 3. The van der Waals surface area contributed by atoms with Gasteiger partial charge in [-0.05, 0) is 42.5 Å². The van der Waals surface area contributed by atoms with Crippen LogP contribution in [0.4, 0.5) is 13.2 Å². The van der Waals surface area contributed by atoms with Gasteiger partial charge in [-0.25, -0.2) is 0 Å². The van der Waals surface area contributed by atoms with Gasteiger partial charge in [-0.1, -0.05) is 6.07 Å². The number of rotatable bonds is 1. The largest absolute Gasteiger partial charge is 0.416 e. The van der Waals surface area contributed by atoms with Crippen molar-refractivity contribution in [2.24, 2.45) is 0 Å². The van der Waals surface area contributed by atoms with Gasteiger partial charge in [-0.2, -0.15) is 13.2 Å². The van der Waals surface area contributed by atoms with E-state index in [1.807, 2.05) is 4.90 Å². The Morgan fingerprint density at radius 1 is 1.29 bits per heavy atom. The number of hydrogen-bond donors (Lipinski definition) is 1. The van der Waals surface area contributed by atoms with Crippen LogP contribution in [0.15, 0.2) is 18.2 Å². The van der Waals surface area contributed by atoms with Gasteiger partial charge < -0.3 is 10.2 Å². The molecule has 0 aromatic heterocycles. The summed E-state index contributed by atoms with van der Waals surface area (Å²) in [5.74, 6) is 0.0268. The van der Waals surface area contributed by atoms with Crippen molar-refractivity contribution >= 4 is 5.91 Å². The minimum Gasteiger partial charge on any atom is -0.333 e. The lowest BCUT2D eigenvalue weighted by molar-refractivity contribution is -0.138. The monoisotopic (exact) mass is 298 g/mol. The highest BCUT2D eigenvalue weighted by molar-refractivity contribution is 5.79. The number of carbonyl (C=O) groups is 1. The molecule has 6 heteroatoms. The Morgan fingerprint density at radius 2 is 2.10 bits per heavy atom. The van der Waals surface area contributed by atoms with E-state index in [0.29, 0.717) is 19.5 Å². The Bertz CT molecular complexity index is 556. The summed E-state index contributed by atoms with van der Waals surface area (Å²) in [6, 6.07) is 3.85. The molecule has 0 spiro atoms. The molecule has 1 heterocycles. The number of hydrogen-bond acceptors (Lipinski definition) is 2. The van der Waals surface area contributed by atoms with E-state index in [2.05, 4.69) is 5.32 Å². The molecule has 1 aliphatic carbocycles. The number of halogens is 3. The second-order valence-electron chi connectivity index (χ2n) is 5.58. The highest BCUT2D eigenvalue weighted by Gasteiger charge is 2.34. The highest BCUT2D eigenvalue weighted by atomic mass is 19.4. The first-order chi connectivity index (χ1) is 9.97. The average molecular weight is 298 g/mol. The van der Waals surface area contributed by atoms with Gasteiger partial charge in [0.1, 0.15) is 0 Å². The zero-order valence-corrected chi connectivity index (χ0v) is 11.5. The van der Waals surface area contributed by atoms with Crippen LogP contribution >= 0.6 is 0 Å². The van der Waals surface area contributed by atoms with Gasteiger partial charge in [0.25, 0.3) is 0 Å². The molecular weight excluding hydrogens is 281 g/mol. The molecule has 1 N–H and O–H groups in total. The molecule has 0 saturated carbocycles. The van der Waals surface area contributed by atoms with Crippen LogP contribution in [0, 0.1) is 0 Å². The first-order valence-electron chi connectivity index (χ1n) is 7.17. The van der Waals surface area contributed by atoms with Gasteiger partial charge in [0.15, 0.2) is 0 Å². The maximum absolute atomic E-state index is 12.8. The van der Waals surface area contributed by atoms with Gasteiger partial charge >= 0.3 is 6.18 Å². The van der Waals surface area contributed by atoms with Gasteiger partial charge in [0.2, 0.25) is 5.91 Å². The van der Waals surface area contributed by atoms with Crippen LogP contribution in [0.5, 0.6) is 0 Å². The SMILES string of the molecule is O=C1CNCCN1C1CCCc2cc(C(F)(F)F)ccc21. The van der Waals surface area contributed by atoms with Crippen LogP contribution in [0.1, 0.15) is 35.6 Å². The quantitative estimate of drug-likeness (QED) is 0.864. The Kier molecular flexibility index (Phi) is 3.65. The minimum atomic E-state index is -4.31. The first kappa shape index (κ1) is 14.4. The fraction of sp³-hybridized carbons (Fsp3) is 0.533. The number of piperazine rings is 1. The highest BCUT2D eigenvalue weighted by Crippen LogP contribution is 2.38. The molecule has 1 saturated heterocycles. The Hall–Kier alpha value is -1.56. The molecule has 2 aliphatic rings. The van der Waals surface area contributed by atoms with Crippen molar-refractivity contribution in [1.29, 1.82) is 0 Å². The van der Waals surface area contributed by atoms with Crippen molar-refractivity contribution in [3.63, 3.8) is 0 Å². The van der Waals surface area contributed by atoms with E-state index in [1.165, 1.54) is 6.07 Å². The molecule has 0 radical (unpaired) electrons. The maximum Gasteiger partial charge on any atom is 0.416 e. The fourth-order valence-corrected chi connectivity index (χ4v) is 3.24. The molecule has 21 heavy (non-hydrogen) atoms. The summed E-state index contributed by atoms with van der Waals surface area (Å²) in [7, 11) is 0. The Morgan fingerprint density at radius 3 is 2.81 bits per heavy atom. The summed E-state index contributed by atoms with van der Waals surface area (Å²) < 4.78 is 38.4. The van der Waals surface area contributed by atoms with E-state index in [-0.39, 0.29) is 11.9 Å². The molecule has 1 fully saturated rings. The summed E-state index contributed by atoms with van der Waals surface area (Å²) in [5.41, 5.74) is 1.01. The number of benzene rings is 1. The lowest BCUT2D eigenvalue weighted by Crippen LogP contribution is -2.50. The van der Waals surface area contributed by atoms with Crippen molar-refractivity contribution < 1.29 is 18.0 Å². The number of carbonyl (C=O) groups excluding carboxylic acids is 1. The molecular formula is C15H17F3N2O. The molecule has 1 aliphatic heterocycles. The number of fused-ring (bicyclic) bond motifs is 1. The summed E-state index contributed by atoms with van der Waals surface area (Å²) in [6.45, 7) is 1.66. The smallest absolute Gasteiger partial charge is 0.333 e. The second-order valence-corrected chi connectivity index (χ2v) is 5.58. The standard InChI is InChI=1S/C15H17F3N2O/c16-15(17,18)11-4-5-12-10(8-11)2-1-3-13(12)20-7-6-19-9-14(20)21/h4-5,8,13,19H,1-3,6-7,9H2. The third kappa shape index (κ3) is 2.77. The van der Waals surface area contributed by atoms with Crippen molar-refractivity contribution in [3.05, 3.63) is 34.9 Å². The average Bonchev–Trinajstić information content (AvgIpc) is 2.46. The van der Waals surface area contributed by atoms with Gasteiger partial charge in [-0.3, -0.25) is 4.79 Å². The zero-order valence-electron chi connectivity index (χ0n) is 11.5. The van der Waals surface area contributed by atoms with E-state index in [1.54, 1.807) is 6.07 Å². The number of nitrogens with one attached hydrogen (secondary N) is 1. The van der Waals surface area contributed by atoms with E-state index < -0.39 is 11.7 Å². The molecule has 1 aromatic carbocycles. The van der Waals surface area contributed by atoms with E-state index in [4.69, 9.17) is 0 Å². The molecule has 1 unspecified atom stereocenters. The molecule has 0 bridgehead atoms. The third-order valence-electron chi connectivity index (χ3n) is 4.26. The molecule has 114 valence electrons. The second kappa shape index (κ2) is 5.33. The van der Waals surface area contributed by atoms with E-state index in [9.17, 15) is 18.0 Å². The fourth-order valence-electron chi connectivity index (χ4n) is 3.24. The van der Waals surface area contributed by atoms with Gasteiger partial charge in [0, 0.05) is 13.1 Å². The van der Waals surface area contributed by atoms with E-state index >= 15 is 0 Å². The van der Waals surface area contributed by atoms with Crippen molar-refractivity contribution in [2.45, 2.75) is 31.5 Å². The van der Waals surface area contributed by atoms with E-state index in [0.717, 1.165) is 36.6 Å². The van der Waals surface area contributed by atoms with Gasteiger partial charge in [-0.15, -0.1) is 0 Å². The van der Waals surface area contributed by atoms with Crippen LogP contribution in [-0.4, -0.2) is 30.4 Å². The lowest BCUT2D eigenvalue weighted by atomic mass is 9.85. The number of amides is 1. The van der Waals surface area contributed by atoms with Crippen LogP contribution < -0.4 is 5.32 Å². The lowest BCUT2D eigenvalue weighted by Gasteiger charge is -2.38. The topological polar surface area (TPSA) is 32.3 Å².